The van der Waals surface area contributed by atoms with E-state index in [9.17, 15) is 0 Å². The molecule has 0 saturated carbocycles. The molecule has 0 radical (unpaired) electrons. The molecule has 34 heavy (non-hydrogen) atoms. The number of aromatic nitrogens is 3. The van der Waals surface area contributed by atoms with E-state index in [0.29, 0.717) is 17.5 Å². The Balaban J connectivity index is 0.00000228. The molecule has 1 aliphatic rings. The monoisotopic (exact) mass is 462 g/mol. The first-order chi connectivity index (χ1) is 16.6. The maximum absolute atomic E-state index is 6.21. The van der Waals surface area contributed by atoms with Gasteiger partial charge in [0.15, 0.2) is 11.5 Å². The van der Waals surface area contributed by atoms with E-state index in [4.69, 9.17) is 9.47 Å². The van der Waals surface area contributed by atoms with Gasteiger partial charge in [-0.15, -0.1) is 0 Å². The van der Waals surface area contributed by atoms with Crippen molar-refractivity contribution in [1.29, 1.82) is 0 Å². The molecule has 180 valence electrons. The molecule has 0 unspecified atom stereocenters. The third-order valence-corrected chi connectivity index (χ3v) is 5.67. The van der Waals surface area contributed by atoms with Gasteiger partial charge in [0.2, 0.25) is 5.95 Å². The summed E-state index contributed by atoms with van der Waals surface area (Å²) in [6, 6.07) is 9.48. The Morgan fingerprint density at radius 3 is 2.59 bits per heavy atom. The second kappa shape index (κ2) is 10.8. The lowest BCUT2D eigenvalue weighted by atomic mass is 10.1. The summed E-state index contributed by atoms with van der Waals surface area (Å²) >= 11 is 0. The summed E-state index contributed by atoms with van der Waals surface area (Å²) < 4.78 is 11.8. The first-order valence-corrected chi connectivity index (χ1v) is 11.2. The van der Waals surface area contributed by atoms with Crippen LogP contribution in [-0.2, 0) is 0 Å². The van der Waals surface area contributed by atoms with Crippen LogP contribution in [0.1, 0.15) is 27.0 Å². The van der Waals surface area contributed by atoms with Gasteiger partial charge >= 0.3 is 0 Å². The SMILES string of the molecule is C=Cc1cc(Nc2ccnc(Nc3ccc(OC4CCN(C)CC4)c(OC)c3)n2)cnc1C=C.[HH].[HH]. The number of hydrogen-bond acceptors (Lipinski definition) is 8. The van der Waals surface area contributed by atoms with E-state index in [1.807, 2.05) is 24.3 Å². The molecule has 3 heterocycles. The molecule has 1 aromatic carbocycles. The van der Waals surface area contributed by atoms with Gasteiger partial charge in [0.1, 0.15) is 11.9 Å². The molecule has 0 spiro atoms. The van der Waals surface area contributed by atoms with Gasteiger partial charge in [-0.05, 0) is 50.2 Å². The van der Waals surface area contributed by atoms with Crippen molar-refractivity contribution in [3.8, 4) is 11.5 Å². The third-order valence-electron chi connectivity index (χ3n) is 5.67. The van der Waals surface area contributed by atoms with E-state index in [0.717, 1.165) is 54.3 Å². The van der Waals surface area contributed by atoms with E-state index in [2.05, 4.69) is 50.7 Å². The van der Waals surface area contributed by atoms with Gasteiger partial charge in [-0.25, -0.2) is 4.98 Å². The minimum absolute atomic E-state index is 0. The van der Waals surface area contributed by atoms with Gasteiger partial charge in [-0.3, -0.25) is 4.98 Å². The molecule has 0 aliphatic carbocycles. The Morgan fingerprint density at radius 2 is 1.85 bits per heavy atom. The lowest BCUT2D eigenvalue weighted by molar-refractivity contribution is 0.111. The normalized spacial score (nSPS) is 14.3. The van der Waals surface area contributed by atoms with Crippen molar-refractivity contribution in [2.75, 3.05) is 37.9 Å². The number of ether oxygens (including phenoxy) is 2. The number of nitrogens with zero attached hydrogens (tertiary/aromatic N) is 4. The number of rotatable bonds is 9. The number of benzene rings is 1. The highest BCUT2D eigenvalue weighted by Crippen LogP contribution is 2.33. The van der Waals surface area contributed by atoms with Crippen LogP contribution in [-0.4, -0.2) is 53.2 Å². The third kappa shape index (κ3) is 5.71. The Morgan fingerprint density at radius 1 is 1.03 bits per heavy atom. The summed E-state index contributed by atoms with van der Waals surface area (Å²) in [5.41, 5.74) is 3.27. The lowest BCUT2D eigenvalue weighted by Gasteiger charge is -2.29. The summed E-state index contributed by atoms with van der Waals surface area (Å²) in [5, 5.41) is 6.49. The van der Waals surface area contributed by atoms with Crippen LogP contribution in [0.2, 0.25) is 0 Å². The molecule has 2 N–H and O–H groups in total. The predicted octanol–water partition coefficient (Wildman–Crippen LogP) is 5.62. The second-order valence-electron chi connectivity index (χ2n) is 8.11. The summed E-state index contributed by atoms with van der Waals surface area (Å²) in [4.78, 5) is 15.6. The molecule has 1 aliphatic heterocycles. The van der Waals surface area contributed by atoms with Crippen LogP contribution >= 0.6 is 0 Å². The summed E-state index contributed by atoms with van der Waals surface area (Å²) in [6.07, 6.45) is 9.08. The van der Waals surface area contributed by atoms with Crippen LogP contribution in [0.5, 0.6) is 11.5 Å². The van der Waals surface area contributed by atoms with Crippen LogP contribution < -0.4 is 20.1 Å². The summed E-state index contributed by atoms with van der Waals surface area (Å²) in [5.74, 6) is 2.50. The molecular formula is C26H34N6O2. The fourth-order valence-electron chi connectivity index (χ4n) is 3.79. The average Bonchev–Trinajstić information content (AvgIpc) is 2.86. The zero-order chi connectivity index (χ0) is 23.9. The molecule has 2 aromatic heterocycles. The van der Waals surface area contributed by atoms with Gasteiger partial charge < -0.3 is 25.0 Å². The topological polar surface area (TPSA) is 84.4 Å². The van der Waals surface area contributed by atoms with Crippen molar-refractivity contribution in [2.24, 2.45) is 0 Å². The van der Waals surface area contributed by atoms with Crippen LogP contribution in [0.15, 0.2) is 55.9 Å². The largest absolute Gasteiger partial charge is 0.493 e. The number of piperidine rings is 1. The maximum atomic E-state index is 6.21. The van der Waals surface area contributed by atoms with Gasteiger partial charge in [0, 0.05) is 39.5 Å². The number of likely N-dealkylation sites (tertiary alicyclic amines) is 1. The highest BCUT2D eigenvalue weighted by Gasteiger charge is 2.19. The Hall–Kier alpha value is -3.91. The van der Waals surface area contributed by atoms with Crippen LogP contribution in [0, 0.1) is 0 Å². The molecular weight excluding hydrogens is 428 g/mol. The minimum atomic E-state index is 0. The zero-order valence-electron chi connectivity index (χ0n) is 19.6. The molecule has 8 nitrogen and oxygen atoms in total. The molecule has 3 aromatic rings. The van der Waals surface area contributed by atoms with Crippen molar-refractivity contribution in [1.82, 2.24) is 19.9 Å². The van der Waals surface area contributed by atoms with Crippen molar-refractivity contribution < 1.29 is 12.3 Å². The number of nitrogens with one attached hydrogen (secondary N) is 2. The van der Waals surface area contributed by atoms with E-state index in [1.54, 1.807) is 37.7 Å². The minimum Gasteiger partial charge on any atom is -0.493 e. The second-order valence-corrected chi connectivity index (χ2v) is 8.11. The number of hydrogen-bond donors (Lipinski definition) is 2. The van der Waals surface area contributed by atoms with Crippen molar-refractivity contribution in [3.63, 3.8) is 0 Å². The first-order valence-electron chi connectivity index (χ1n) is 11.2. The smallest absolute Gasteiger partial charge is 0.229 e. The van der Waals surface area contributed by atoms with Crippen molar-refractivity contribution in [2.45, 2.75) is 18.9 Å². The summed E-state index contributed by atoms with van der Waals surface area (Å²) in [7, 11) is 3.78. The highest BCUT2D eigenvalue weighted by molar-refractivity contribution is 5.67. The number of pyridine rings is 1. The predicted molar refractivity (Wildman–Crippen MR) is 141 cm³/mol. The zero-order valence-corrected chi connectivity index (χ0v) is 19.6. The Kier molecular flexibility index (Phi) is 7.39. The summed E-state index contributed by atoms with van der Waals surface area (Å²) in [6.45, 7) is 9.69. The molecule has 0 atom stereocenters. The Bertz CT molecular complexity index is 1170. The van der Waals surface area contributed by atoms with Crippen LogP contribution in [0.25, 0.3) is 12.2 Å². The van der Waals surface area contributed by atoms with Crippen molar-refractivity contribution >= 4 is 35.3 Å². The van der Waals surface area contributed by atoms with Crippen LogP contribution in [0.4, 0.5) is 23.1 Å². The first kappa shape index (κ1) is 23.3. The fourth-order valence-corrected chi connectivity index (χ4v) is 3.79. The molecule has 1 fully saturated rings. The van der Waals surface area contributed by atoms with Crippen molar-refractivity contribution in [3.05, 3.63) is 67.1 Å². The van der Waals surface area contributed by atoms with Gasteiger partial charge in [-0.1, -0.05) is 19.2 Å². The van der Waals surface area contributed by atoms with Gasteiger partial charge in [-0.2, -0.15) is 4.98 Å². The van der Waals surface area contributed by atoms with Gasteiger partial charge in [0.25, 0.3) is 0 Å². The fraction of sp³-hybridized carbons (Fsp3) is 0.269. The van der Waals surface area contributed by atoms with Gasteiger partial charge in [0.05, 0.1) is 24.7 Å². The quantitative estimate of drug-likeness (QED) is 0.424. The molecule has 0 amide bonds. The standard InChI is InChI=1S/C26H30N6O2.2H2/c1-5-18-15-20(17-28-22(18)6-2)29-25-9-12-27-26(31-25)30-19-7-8-23(24(16-19)33-4)34-21-10-13-32(3)14-11-21;;/h5-9,12,15-17,21H,1-2,10-11,13-14H2,3-4H3,(H2,27,29,30,31);2*1H. The van der Waals surface area contributed by atoms with Crippen LogP contribution in [0.3, 0.4) is 0 Å². The highest BCUT2D eigenvalue weighted by atomic mass is 16.5. The van der Waals surface area contributed by atoms with E-state index >= 15 is 0 Å². The van der Waals surface area contributed by atoms with E-state index < -0.39 is 0 Å². The lowest BCUT2D eigenvalue weighted by Crippen LogP contribution is -2.35. The molecule has 0 bridgehead atoms. The maximum Gasteiger partial charge on any atom is 0.229 e. The average molecular weight is 463 g/mol. The van der Waals surface area contributed by atoms with E-state index in [-0.39, 0.29) is 8.96 Å². The molecule has 8 heteroatoms. The Labute approximate surface area is 203 Å². The molecule has 4 rings (SSSR count). The molecule has 1 saturated heterocycles. The van der Waals surface area contributed by atoms with E-state index in [1.165, 1.54) is 0 Å². The number of methoxy groups -OCH3 is 1. The number of anilines is 4.